The van der Waals surface area contributed by atoms with E-state index in [4.69, 9.17) is 4.74 Å². The summed E-state index contributed by atoms with van der Waals surface area (Å²) < 4.78 is 36.4. The Bertz CT molecular complexity index is 2030. The van der Waals surface area contributed by atoms with Crippen molar-refractivity contribution in [2.24, 2.45) is 22.2 Å². The van der Waals surface area contributed by atoms with E-state index >= 15 is 0 Å². The number of carbonyl (C=O) groups excluding carboxylic acids is 2. The molecule has 2 amide bonds. The smallest absolute Gasteiger partial charge is 0.303 e. The number of nitrogens with one attached hydrogen (secondary N) is 2. The van der Waals surface area contributed by atoms with Gasteiger partial charge in [-0.3, -0.25) is 9.59 Å². The number of fused-ring (bicyclic) bond motifs is 9. The molecule has 2 unspecified atom stereocenters. The lowest BCUT2D eigenvalue weighted by atomic mass is 9.70. The van der Waals surface area contributed by atoms with Crippen LogP contribution in [-0.4, -0.2) is 67.6 Å². The number of aliphatic hydroxyl groups is 1. The number of methoxy groups -OCH3 is 1. The first-order chi connectivity index (χ1) is 23.6. The molecular formula is C39H50N4O6S. The van der Waals surface area contributed by atoms with E-state index < -0.39 is 27.6 Å². The second-order valence-corrected chi connectivity index (χ2v) is 18.6. The van der Waals surface area contributed by atoms with Gasteiger partial charge in [-0.15, -0.1) is 0 Å². The van der Waals surface area contributed by atoms with E-state index in [1.165, 1.54) is 26.1 Å². The second-order valence-electron chi connectivity index (χ2n) is 16.7. The van der Waals surface area contributed by atoms with Gasteiger partial charge in [0, 0.05) is 54.0 Å². The number of rotatable bonds is 7. The quantitative estimate of drug-likeness (QED) is 0.290. The highest BCUT2D eigenvalue weighted by atomic mass is 32.2. The minimum absolute atomic E-state index is 0.0350. The minimum Gasteiger partial charge on any atom is -0.497 e. The molecule has 3 aromatic rings. The predicted octanol–water partition coefficient (Wildman–Crippen LogP) is 5.69. The van der Waals surface area contributed by atoms with Gasteiger partial charge in [0.2, 0.25) is 5.91 Å². The van der Waals surface area contributed by atoms with Crippen molar-refractivity contribution in [3.63, 3.8) is 0 Å². The van der Waals surface area contributed by atoms with Crippen LogP contribution in [0.4, 0.5) is 0 Å². The van der Waals surface area contributed by atoms with E-state index in [1.54, 1.807) is 19.2 Å². The van der Waals surface area contributed by atoms with Gasteiger partial charge in [0.25, 0.3) is 5.91 Å². The van der Waals surface area contributed by atoms with Crippen molar-refractivity contribution in [3.05, 3.63) is 53.1 Å². The van der Waals surface area contributed by atoms with Crippen LogP contribution in [0.5, 0.6) is 5.75 Å². The molecule has 4 saturated carbocycles. The topological polar surface area (TPSA) is 130 Å². The average molecular weight is 703 g/mol. The maximum atomic E-state index is 14.8. The Hall–Kier alpha value is -3.41. The monoisotopic (exact) mass is 702 g/mol. The van der Waals surface area contributed by atoms with Crippen molar-refractivity contribution in [1.29, 1.82) is 0 Å². The maximum Gasteiger partial charge on any atom is 0.303 e. The number of hydrogen-bond acceptors (Lipinski definition) is 6. The summed E-state index contributed by atoms with van der Waals surface area (Å²) in [5.74, 6) is 0.474. The Kier molecular flexibility index (Phi) is 7.62. The summed E-state index contributed by atoms with van der Waals surface area (Å²) in [6.45, 7) is 7.04. The van der Waals surface area contributed by atoms with Crippen LogP contribution in [0.3, 0.4) is 0 Å². The number of ether oxygens (including phenoxy) is 1. The van der Waals surface area contributed by atoms with Crippen molar-refractivity contribution in [3.8, 4) is 17.0 Å². The molecule has 0 radical (unpaired) electrons. The van der Waals surface area contributed by atoms with Gasteiger partial charge >= 0.3 is 10.2 Å². The highest BCUT2D eigenvalue weighted by Gasteiger charge is 2.68. The van der Waals surface area contributed by atoms with Gasteiger partial charge in [0.1, 0.15) is 5.75 Å². The second kappa shape index (κ2) is 11.3. The van der Waals surface area contributed by atoms with Gasteiger partial charge in [-0.25, -0.2) is 4.72 Å². The largest absolute Gasteiger partial charge is 0.497 e. The lowest BCUT2D eigenvalue weighted by Gasteiger charge is -2.37. The molecule has 11 heteroatoms. The Morgan fingerprint density at radius 3 is 2.42 bits per heavy atom. The Balaban J connectivity index is 1.28. The number of amides is 2. The Labute approximate surface area is 295 Å². The fraction of sp³-hybridized carbons (Fsp3) is 0.590. The van der Waals surface area contributed by atoms with Crippen LogP contribution in [0.1, 0.15) is 105 Å². The molecule has 0 saturated heterocycles. The van der Waals surface area contributed by atoms with E-state index in [2.05, 4.69) is 47.5 Å². The van der Waals surface area contributed by atoms with Crippen LogP contribution >= 0.6 is 0 Å². The average Bonchev–Trinajstić information content (AvgIpc) is 3.66. The van der Waals surface area contributed by atoms with Crippen LogP contribution < -0.4 is 14.8 Å². The van der Waals surface area contributed by atoms with Crippen LogP contribution in [0, 0.1) is 22.2 Å². The van der Waals surface area contributed by atoms with Crippen molar-refractivity contribution in [1.82, 2.24) is 18.9 Å². The zero-order valence-corrected chi connectivity index (χ0v) is 30.8. The standard InChI is InChI=1S/C39H50N4O6S/c1-37(2)28-16-17-38(37,3)34(44)32(28)40-36(46)39-20-29(39)27-19-24(49-6)13-15-25(27)33-31(22-10-8-7-9-11-22)26-14-12-23(18-30(26)43(33)21-39)35(45)41-50(47,48)42(4)5/h12-15,18-19,22,28-29,32,34,44H,7-11,16-17,20-21H2,1-6H3,(H,40,46)(H,41,45)/t28?,29-,32-,34-,38?,39-/m1/s1. The predicted molar refractivity (Wildman–Crippen MR) is 192 cm³/mol. The summed E-state index contributed by atoms with van der Waals surface area (Å²) in [6.07, 6.45) is 7.59. The normalized spacial score (nSPS) is 31.1. The molecule has 4 aliphatic carbocycles. The third-order valence-electron chi connectivity index (χ3n) is 14.0. The Morgan fingerprint density at radius 2 is 1.76 bits per heavy atom. The van der Waals surface area contributed by atoms with E-state index in [1.807, 2.05) is 12.1 Å². The van der Waals surface area contributed by atoms with Gasteiger partial charge in [0.05, 0.1) is 30.4 Å². The molecule has 2 aromatic carbocycles. The first-order valence-electron chi connectivity index (χ1n) is 18.2. The summed E-state index contributed by atoms with van der Waals surface area (Å²) in [4.78, 5) is 28.2. The fourth-order valence-corrected chi connectivity index (χ4v) is 11.1. The number of benzene rings is 2. The van der Waals surface area contributed by atoms with Gasteiger partial charge in [-0.1, -0.05) is 46.1 Å². The van der Waals surface area contributed by atoms with Gasteiger partial charge in [-0.05, 0) is 90.8 Å². The highest BCUT2D eigenvalue weighted by Crippen LogP contribution is 2.68. The molecule has 2 heterocycles. The molecule has 50 heavy (non-hydrogen) atoms. The van der Waals surface area contributed by atoms with Crippen molar-refractivity contribution in [2.45, 2.75) is 103 Å². The van der Waals surface area contributed by atoms with E-state index in [0.717, 1.165) is 76.3 Å². The maximum absolute atomic E-state index is 14.8. The van der Waals surface area contributed by atoms with E-state index in [-0.39, 0.29) is 40.2 Å². The number of aromatic nitrogens is 1. The molecule has 3 N–H and O–H groups in total. The summed E-state index contributed by atoms with van der Waals surface area (Å²) in [7, 11) is 0.424. The Morgan fingerprint density at radius 1 is 1.02 bits per heavy atom. The van der Waals surface area contributed by atoms with Crippen LogP contribution in [0.15, 0.2) is 36.4 Å². The third kappa shape index (κ3) is 4.68. The highest BCUT2D eigenvalue weighted by molar-refractivity contribution is 7.87. The zero-order valence-electron chi connectivity index (χ0n) is 30.0. The lowest BCUT2D eigenvalue weighted by molar-refractivity contribution is -0.129. The molecule has 1 aromatic heterocycles. The molecule has 268 valence electrons. The van der Waals surface area contributed by atoms with Crippen LogP contribution in [0.25, 0.3) is 22.2 Å². The lowest BCUT2D eigenvalue weighted by Crippen LogP contribution is -2.51. The molecule has 10 nitrogen and oxygen atoms in total. The molecular weight excluding hydrogens is 653 g/mol. The minimum atomic E-state index is -3.99. The molecule has 8 rings (SSSR count). The van der Waals surface area contributed by atoms with Crippen molar-refractivity contribution >= 4 is 32.9 Å². The number of nitrogens with zero attached hydrogens (tertiary/aromatic N) is 2. The first-order valence-corrected chi connectivity index (χ1v) is 19.7. The number of hydrogen-bond donors (Lipinski definition) is 3. The summed E-state index contributed by atoms with van der Waals surface area (Å²) in [5, 5.41) is 16.1. The first kappa shape index (κ1) is 33.7. The third-order valence-corrected chi connectivity index (χ3v) is 15.4. The fourth-order valence-electron chi connectivity index (χ4n) is 10.5. The summed E-state index contributed by atoms with van der Waals surface area (Å²) in [5.41, 5.74) is 4.45. The van der Waals surface area contributed by atoms with Crippen LogP contribution in [-0.2, 0) is 21.5 Å². The van der Waals surface area contributed by atoms with Gasteiger partial charge in [-0.2, -0.15) is 12.7 Å². The van der Waals surface area contributed by atoms with Crippen LogP contribution in [0.2, 0.25) is 0 Å². The van der Waals surface area contributed by atoms with Crippen molar-refractivity contribution < 1.29 is 27.9 Å². The number of aliphatic hydroxyl groups excluding tert-OH is 1. The van der Waals surface area contributed by atoms with Gasteiger partial charge in [0.15, 0.2) is 0 Å². The van der Waals surface area contributed by atoms with Crippen molar-refractivity contribution in [2.75, 3.05) is 21.2 Å². The molecule has 4 fully saturated rings. The molecule has 5 aliphatic rings. The molecule has 2 bridgehead atoms. The molecule has 0 spiro atoms. The van der Waals surface area contributed by atoms with Gasteiger partial charge < -0.3 is 19.7 Å². The van der Waals surface area contributed by atoms with E-state index in [0.29, 0.717) is 18.9 Å². The molecule has 6 atom stereocenters. The summed E-state index contributed by atoms with van der Waals surface area (Å²) >= 11 is 0. The zero-order chi connectivity index (χ0) is 35.5. The molecule has 1 aliphatic heterocycles. The number of carbonyl (C=O) groups is 2. The SMILES string of the molecule is COc1ccc2c(c1)[C@H]1C[C@@]1(C(=O)N[C@@H]1C3CCC(C)([C@@H]1O)C3(C)C)Cn1c-2c(C2CCCCC2)c2ccc(C(=O)NS(=O)(=O)N(C)C)cc21. The summed E-state index contributed by atoms with van der Waals surface area (Å²) in [6, 6.07) is 11.4. The van der Waals surface area contributed by atoms with E-state index in [9.17, 15) is 23.1 Å².